The summed E-state index contributed by atoms with van der Waals surface area (Å²) >= 11 is 0. The van der Waals surface area contributed by atoms with Gasteiger partial charge in [0.25, 0.3) is 5.91 Å². The Hall–Kier alpha value is -2.82. The van der Waals surface area contributed by atoms with E-state index in [-0.39, 0.29) is 17.2 Å². The van der Waals surface area contributed by atoms with Crippen molar-refractivity contribution in [2.75, 3.05) is 18.2 Å². The Morgan fingerprint density at radius 3 is 2.40 bits per heavy atom. The van der Waals surface area contributed by atoms with E-state index < -0.39 is 5.97 Å². The minimum atomic E-state index is -0.530. The van der Waals surface area contributed by atoms with Crippen LogP contribution in [0, 0.1) is 0 Å². The molecule has 0 aliphatic carbocycles. The van der Waals surface area contributed by atoms with E-state index in [1.165, 1.54) is 25.3 Å². The highest BCUT2D eigenvalue weighted by Gasteiger charge is 2.13. The number of methoxy groups -OCH3 is 1. The van der Waals surface area contributed by atoms with Crippen LogP contribution < -0.4 is 11.1 Å². The van der Waals surface area contributed by atoms with Crippen LogP contribution in [0.1, 0.15) is 20.7 Å². The molecule has 5 nitrogen and oxygen atoms in total. The molecule has 3 N–H and O–H groups in total. The molecular weight excluding hydrogens is 256 g/mol. The molecule has 5 heteroatoms. The zero-order valence-corrected chi connectivity index (χ0v) is 10.9. The molecule has 1 amide bonds. The highest BCUT2D eigenvalue weighted by Crippen LogP contribution is 2.16. The van der Waals surface area contributed by atoms with Crippen LogP contribution in [0.25, 0.3) is 0 Å². The number of nitrogens with one attached hydrogen (secondary N) is 1. The van der Waals surface area contributed by atoms with Crippen molar-refractivity contribution in [1.29, 1.82) is 0 Å². The third-order valence-electron chi connectivity index (χ3n) is 2.75. The second-order valence-corrected chi connectivity index (χ2v) is 4.11. The average Bonchev–Trinajstić information content (AvgIpc) is 2.47. The van der Waals surface area contributed by atoms with Crippen molar-refractivity contribution in [3.05, 3.63) is 59.7 Å². The fraction of sp³-hybridized carbons (Fsp3) is 0.0667. The largest absolute Gasteiger partial charge is 0.465 e. The second-order valence-electron chi connectivity index (χ2n) is 4.11. The van der Waals surface area contributed by atoms with Gasteiger partial charge in [0.1, 0.15) is 0 Å². The Bertz CT molecular complexity index is 639. The number of benzene rings is 2. The van der Waals surface area contributed by atoms with E-state index in [2.05, 4.69) is 10.1 Å². The Morgan fingerprint density at radius 1 is 1.10 bits per heavy atom. The number of hydrogen-bond donors (Lipinski definition) is 2. The predicted molar refractivity (Wildman–Crippen MR) is 76.6 cm³/mol. The first-order chi connectivity index (χ1) is 9.61. The molecule has 0 bridgehead atoms. The lowest BCUT2D eigenvalue weighted by Gasteiger charge is -2.08. The van der Waals surface area contributed by atoms with Gasteiger partial charge in [0.2, 0.25) is 0 Å². The molecule has 0 fully saturated rings. The van der Waals surface area contributed by atoms with E-state index in [9.17, 15) is 9.59 Å². The molecule has 0 atom stereocenters. The summed E-state index contributed by atoms with van der Waals surface area (Å²) in [6, 6.07) is 13.5. The standard InChI is InChI=1S/C15H14N2O3/c1-20-15(19)12-8-7-10(9-13(12)16)14(18)17-11-5-3-2-4-6-11/h2-9H,16H2,1H3,(H,17,18). The number of para-hydroxylation sites is 1. The number of nitrogen functional groups attached to an aromatic ring is 1. The molecule has 0 heterocycles. The molecule has 0 saturated heterocycles. The summed E-state index contributed by atoms with van der Waals surface area (Å²) < 4.78 is 4.59. The van der Waals surface area contributed by atoms with E-state index in [1.54, 1.807) is 12.1 Å². The molecule has 0 radical (unpaired) electrons. The fourth-order valence-electron chi connectivity index (χ4n) is 1.72. The van der Waals surface area contributed by atoms with Gasteiger partial charge in [-0.2, -0.15) is 0 Å². The number of nitrogens with two attached hydrogens (primary N) is 1. The SMILES string of the molecule is COC(=O)c1ccc(C(=O)Nc2ccccc2)cc1N. The van der Waals surface area contributed by atoms with Crippen LogP contribution in [0.15, 0.2) is 48.5 Å². The van der Waals surface area contributed by atoms with Crippen molar-refractivity contribution in [1.82, 2.24) is 0 Å². The first kappa shape index (κ1) is 13.6. The quantitative estimate of drug-likeness (QED) is 0.662. The van der Waals surface area contributed by atoms with Crippen LogP contribution >= 0.6 is 0 Å². The Balaban J connectivity index is 2.19. The maximum atomic E-state index is 12.0. The zero-order chi connectivity index (χ0) is 14.5. The van der Waals surface area contributed by atoms with Gasteiger partial charge < -0.3 is 15.8 Å². The number of amides is 1. The topological polar surface area (TPSA) is 81.4 Å². The number of anilines is 2. The van der Waals surface area contributed by atoms with Crippen LogP contribution in [0.4, 0.5) is 11.4 Å². The molecule has 0 aliphatic rings. The van der Waals surface area contributed by atoms with Crippen molar-refractivity contribution in [3.8, 4) is 0 Å². The van der Waals surface area contributed by atoms with Crippen LogP contribution in [0.3, 0.4) is 0 Å². The summed E-state index contributed by atoms with van der Waals surface area (Å²) in [5.74, 6) is -0.822. The molecule has 2 aromatic carbocycles. The first-order valence-electron chi connectivity index (χ1n) is 5.96. The second kappa shape index (κ2) is 5.88. The van der Waals surface area contributed by atoms with E-state index in [0.717, 1.165) is 0 Å². The van der Waals surface area contributed by atoms with Crippen LogP contribution in [0.2, 0.25) is 0 Å². The van der Waals surface area contributed by atoms with Crippen molar-refractivity contribution < 1.29 is 14.3 Å². The van der Waals surface area contributed by atoms with Crippen molar-refractivity contribution in [2.24, 2.45) is 0 Å². The zero-order valence-electron chi connectivity index (χ0n) is 10.9. The Kier molecular flexibility index (Phi) is 4.00. The monoisotopic (exact) mass is 270 g/mol. The minimum absolute atomic E-state index is 0.206. The molecule has 0 spiro atoms. The molecule has 0 aliphatic heterocycles. The fourth-order valence-corrected chi connectivity index (χ4v) is 1.72. The maximum Gasteiger partial charge on any atom is 0.339 e. The highest BCUT2D eigenvalue weighted by molar-refractivity contribution is 6.06. The van der Waals surface area contributed by atoms with Gasteiger partial charge >= 0.3 is 5.97 Å². The highest BCUT2D eigenvalue weighted by atomic mass is 16.5. The maximum absolute atomic E-state index is 12.0. The summed E-state index contributed by atoms with van der Waals surface area (Å²) in [4.78, 5) is 23.4. The number of carbonyl (C=O) groups excluding carboxylic acids is 2. The summed E-state index contributed by atoms with van der Waals surface area (Å²) in [6.45, 7) is 0. The van der Waals surface area contributed by atoms with Gasteiger partial charge in [-0.15, -0.1) is 0 Å². The van der Waals surface area contributed by atoms with Gasteiger partial charge in [-0.25, -0.2) is 4.79 Å². The number of rotatable bonds is 3. The van der Waals surface area contributed by atoms with E-state index >= 15 is 0 Å². The van der Waals surface area contributed by atoms with Gasteiger partial charge in [0.15, 0.2) is 0 Å². The van der Waals surface area contributed by atoms with Crippen LogP contribution in [-0.4, -0.2) is 19.0 Å². The van der Waals surface area contributed by atoms with Gasteiger partial charge in [0.05, 0.1) is 12.7 Å². The first-order valence-corrected chi connectivity index (χ1v) is 5.96. The molecular formula is C15H14N2O3. The normalized spacial score (nSPS) is 9.85. The van der Waals surface area contributed by atoms with Crippen molar-refractivity contribution >= 4 is 23.3 Å². The van der Waals surface area contributed by atoms with Gasteiger partial charge in [-0.1, -0.05) is 18.2 Å². The minimum Gasteiger partial charge on any atom is -0.465 e. The molecule has 102 valence electrons. The Morgan fingerprint density at radius 2 is 1.80 bits per heavy atom. The number of hydrogen-bond acceptors (Lipinski definition) is 4. The summed E-state index contributed by atoms with van der Waals surface area (Å²) in [6.07, 6.45) is 0. The van der Waals surface area contributed by atoms with Crippen LogP contribution in [0.5, 0.6) is 0 Å². The summed E-state index contributed by atoms with van der Waals surface area (Å²) in [5.41, 5.74) is 7.26. The van der Waals surface area contributed by atoms with Gasteiger partial charge in [0, 0.05) is 16.9 Å². The van der Waals surface area contributed by atoms with Crippen molar-refractivity contribution in [2.45, 2.75) is 0 Å². The lowest BCUT2D eigenvalue weighted by atomic mass is 10.1. The third kappa shape index (κ3) is 2.95. The lowest BCUT2D eigenvalue weighted by molar-refractivity contribution is 0.0601. The Labute approximate surface area is 116 Å². The average molecular weight is 270 g/mol. The number of carbonyl (C=O) groups is 2. The van der Waals surface area contributed by atoms with Gasteiger partial charge in [-0.05, 0) is 30.3 Å². The number of esters is 1. The molecule has 0 unspecified atom stereocenters. The smallest absolute Gasteiger partial charge is 0.339 e. The molecule has 0 saturated carbocycles. The summed E-state index contributed by atoms with van der Waals surface area (Å²) in [5, 5.41) is 2.74. The van der Waals surface area contributed by atoms with Crippen LogP contribution in [-0.2, 0) is 4.74 Å². The van der Waals surface area contributed by atoms with Gasteiger partial charge in [-0.3, -0.25) is 4.79 Å². The van der Waals surface area contributed by atoms with Crippen molar-refractivity contribution in [3.63, 3.8) is 0 Å². The summed E-state index contributed by atoms with van der Waals surface area (Å²) in [7, 11) is 1.28. The van der Waals surface area contributed by atoms with E-state index in [0.29, 0.717) is 11.3 Å². The number of ether oxygens (including phenoxy) is 1. The molecule has 2 rings (SSSR count). The third-order valence-corrected chi connectivity index (χ3v) is 2.75. The molecule has 2 aromatic rings. The van der Waals surface area contributed by atoms with E-state index in [4.69, 9.17) is 5.73 Å². The lowest BCUT2D eigenvalue weighted by Crippen LogP contribution is -2.13. The molecule has 20 heavy (non-hydrogen) atoms. The predicted octanol–water partition coefficient (Wildman–Crippen LogP) is 2.31. The molecule has 0 aromatic heterocycles. The van der Waals surface area contributed by atoms with E-state index in [1.807, 2.05) is 18.2 Å².